The molecule has 1 atom stereocenters. The van der Waals surface area contributed by atoms with Gasteiger partial charge in [0.2, 0.25) is 0 Å². The molecule has 4 nitrogen and oxygen atoms in total. The first kappa shape index (κ1) is 15.1. The molecule has 0 aromatic heterocycles. The summed E-state index contributed by atoms with van der Waals surface area (Å²) in [5, 5.41) is 0. The minimum atomic E-state index is -0.257. The number of benzene rings is 2. The van der Waals surface area contributed by atoms with Gasteiger partial charge in [-0.15, -0.1) is 0 Å². The van der Waals surface area contributed by atoms with E-state index in [2.05, 4.69) is 49.4 Å². The molecule has 2 aromatic rings. The molecule has 0 fully saturated rings. The Morgan fingerprint density at radius 1 is 1.17 bits per heavy atom. The lowest BCUT2D eigenvalue weighted by Crippen LogP contribution is -2.43. The smallest absolute Gasteiger partial charge is 0.191 e. The van der Waals surface area contributed by atoms with Gasteiger partial charge < -0.3 is 15.4 Å². The zero-order valence-corrected chi connectivity index (χ0v) is 14.2. The van der Waals surface area contributed by atoms with Crippen LogP contribution in [-0.2, 0) is 12.0 Å². The molecule has 0 aliphatic carbocycles. The zero-order chi connectivity index (χ0) is 16.7. The van der Waals surface area contributed by atoms with Crippen LogP contribution in [0.1, 0.15) is 24.5 Å². The Morgan fingerprint density at radius 3 is 2.83 bits per heavy atom. The molecule has 24 heavy (non-hydrogen) atoms. The summed E-state index contributed by atoms with van der Waals surface area (Å²) in [6, 6.07) is 15.1. The van der Waals surface area contributed by atoms with Gasteiger partial charge in [0.25, 0.3) is 0 Å². The Hall–Kier alpha value is -2.49. The van der Waals surface area contributed by atoms with E-state index in [4.69, 9.17) is 15.5 Å². The molecule has 0 bridgehead atoms. The number of hydrogen-bond acceptors (Lipinski definition) is 4. The van der Waals surface area contributed by atoms with Crippen LogP contribution >= 0.6 is 0 Å². The van der Waals surface area contributed by atoms with Crippen LogP contribution < -0.4 is 10.5 Å². The van der Waals surface area contributed by atoms with Crippen molar-refractivity contribution in [3.63, 3.8) is 0 Å². The van der Waals surface area contributed by atoms with E-state index in [9.17, 15) is 0 Å². The second-order valence-corrected chi connectivity index (χ2v) is 6.92. The number of hydrogen-bond donors (Lipinski definition) is 1. The van der Waals surface area contributed by atoms with Crippen LogP contribution in [0.5, 0.6) is 5.75 Å². The number of nitrogens with zero attached hydrogens (tertiary/aromatic N) is 2. The molecule has 4 rings (SSSR count). The first-order valence-electron chi connectivity index (χ1n) is 8.48. The summed E-state index contributed by atoms with van der Waals surface area (Å²) in [4.78, 5) is 6.76. The third kappa shape index (κ3) is 2.52. The van der Waals surface area contributed by atoms with Crippen LogP contribution in [-0.4, -0.2) is 31.1 Å². The standard InChI is InChI=1S/C20H23N3O/c1-20(9-10-23(2)19(21)22-20)17-5-3-4-14(13-17)15-6-7-18-16(12-15)8-11-24-18/h3-7,12-13H,8-11H2,1-2H3,(H2,21,22). The summed E-state index contributed by atoms with van der Waals surface area (Å²) < 4.78 is 5.61. The van der Waals surface area contributed by atoms with E-state index in [1.165, 1.54) is 22.3 Å². The predicted molar refractivity (Wildman–Crippen MR) is 97.3 cm³/mol. The number of fused-ring (bicyclic) bond motifs is 1. The van der Waals surface area contributed by atoms with E-state index in [-0.39, 0.29) is 5.54 Å². The van der Waals surface area contributed by atoms with Crippen LogP contribution in [0.15, 0.2) is 47.5 Å². The molecular weight excluding hydrogens is 298 g/mol. The monoisotopic (exact) mass is 321 g/mol. The van der Waals surface area contributed by atoms with E-state index in [1.54, 1.807) is 0 Å². The largest absolute Gasteiger partial charge is 0.493 e. The molecule has 124 valence electrons. The molecule has 2 N–H and O–H groups in total. The van der Waals surface area contributed by atoms with E-state index in [0.717, 1.165) is 31.7 Å². The van der Waals surface area contributed by atoms with Crippen molar-refractivity contribution >= 4 is 5.96 Å². The van der Waals surface area contributed by atoms with Gasteiger partial charge >= 0.3 is 0 Å². The van der Waals surface area contributed by atoms with E-state index < -0.39 is 0 Å². The maximum absolute atomic E-state index is 6.06. The van der Waals surface area contributed by atoms with Gasteiger partial charge in [0, 0.05) is 20.0 Å². The summed E-state index contributed by atoms with van der Waals surface area (Å²) in [5.74, 6) is 1.64. The summed E-state index contributed by atoms with van der Waals surface area (Å²) in [7, 11) is 1.99. The van der Waals surface area contributed by atoms with Gasteiger partial charge in [-0.25, -0.2) is 4.99 Å². The van der Waals surface area contributed by atoms with Crippen LogP contribution in [0.2, 0.25) is 0 Å². The molecule has 2 aliphatic heterocycles. The fourth-order valence-corrected chi connectivity index (χ4v) is 3.50. The topological polar surface area (TPSA) is 50.8 Å². The molecule has 0 saturated carbocycles. The predicted octanol–water partition coefficient (Wildman–Crippen LogP) is 3.15. The fourth-order valence-electron chi connectivity index (χ4n) is 3.50. The van der Waals surface area contributed by atoms with Gasteiger partial charge in [-0.2, -0.15) is 0 Å². The maximum atomic E-state index is 6.06. The highest BCUT2D eigenvalue weighted by Crippen LogP contribution is 2.36. The molecule has 2 aromatic carbocycles. The lowest BCUT2D eigenvalue weighted by atomic mass is 9.86. The highest BCUT2D eigenvalue weighted by Gasteiger charge is 2.31. The Balaban J connectivity index is 1.72. The van der Waals surface area contributed by atoms with E-state index in [0.29, 0.717) is 5.96 Å². The normalized spacial score (nSPS) is 22.8. The van der Waals surface area contributed by atoms with Crippen molar-refractivity contribution in [2.24, 2.45) is 10.7 Å². The van der Waals surface area contributed by atoms with Crippen molar-refractivity contribution in [3.8, 4) is 16.9 Å². The zero-order valence-electron chi connectivity index (χ0n) is 14.2. The van der Waals surface area contributed by atoms with Crippen molar-refractivity contribution in [3.05, 3.63) is 53.6 Å². The van der Waals surface area contributed by atoms with Crippen molar-refractivity contribution in [1.82, 2.24) is 4.90 Å². The lowest BCUT2D eigenvalue weighted by molar-refractivity contribution is 0.339. The third-order valence-electron chi connectivity index (χ3n) is 5.19. The molecule has 0 saturated heterocycles. The van der Waals surface area contributed by atoms with Gasteiger partial charge in [0.1, 0.15) is 5.75 Å². The van der Waals surface area contributed by atoms with Crippen LogP contribution in [0.3, 0.4) is 0 Å². The van der Waals surface area contributed by atoms with E-state index in [1.807, 2.05) is 11.9 Å². The van der Waals surface area contributed by atoms with E-state index >= 15 is 0 Å². The minimum Gasteiger partial charge on any atom is -0.493 e. The average Bonchev–Trinajstić information content (AvgIpc) is 3.06. The molecule has 0 spiro atoms. The Morgan fingerprint density at radius 2 is 2.00 bits per heavy atom. The summed E-state index contributed by atoms with van der Waals surface area (Å²) in [6.45, 7) is 3.88. The first-order valence-corrected chi connectivity index (χ1v) is 8.48. The van der Waals surface area contributed by atoms with Crippen molar-refractivity contribution in [1.29, 1.82) is 0 Å². The van der Waals surface area contributed by atoms with Gasteiger partial charge in [0.05, 0.1) is 12.1 Å². The molecule has 0 amide bonds. The van der Waals surface area contributed by atoms with Gasteiger partial charge in [-0.1, -0.05) is 24.3 Å². The number of guanidine groups is 1. The van der Waals surface area contributed by atoms with Gasteiger partial charge in [-0.05, 0) is 53.8 Å². The van der Waals surface area contributed by atoms with Crippen molar-refractivity contribution < 1.29 is 4.74 Å². The van der Waals surface area contributed by atoms with Crippen LogP contribution in [0.4, 0.5) is 0 Å². The lowest BCUT2D eigenvalue weighted by Gasteiger charge is -2.35. The van der Waals surface area contributed by atoms with Crippen LogP contribution in [0, 0.1) is 0 Å². The summed E-state index contributed by atoms with van der Waals surface area (Å²) in [5.41, 5.74) is 10.8. The minimum absolute atomic E-state index is 0.257. The second-order valence-electron chi connectivity index (χ2n) is 6.92. The Bertz CT molecular complexity index is 814. The number of aliphatic imine (C=N–C) groups is 1. The molecular formula is C20H23N3O. The molecule has 0 radical (unpaired) electrons. The highest BCUT2D eigenvalue weighted by molar-refractivity contribution is 5.79. The molecule has 2 aliphatic rings. The molecule has 1 unspecified atom stereocenters. The average molecular weight is 321 g/mol. The van der Waals surface area contributed by atoms with Gasteiger partial charge in [-0.3, -0.25) is 0 Å². The Kier molecular flexibility index (Phi) is 3.48. The summed E-state index contributed by atoms with van der Waals surface area (Å²) >= 11 is 0. The van der Waals surface area contributed by atoms with Crippen LogP contribution in [0.25, 0.3) is 11.1 Å². The summed E-state index contributed by atoms with van der Waals surface area (Å²) in [6.07, 6.45) is 1.96. The quantitative estimate of drug-likeness (QED) is 0.924. The highest BCUT2D eigenvalue weighted by atomic mass is 16.5. The molecule has 2 heterocycles. The maximum Gasteiger partial charge on any atom is 0.191 e. The van der Waals surface area contributed by atoms with Gasteiger partial charge in [0.15, 0.2) is 5.96 Å². The first-order chi connectivity index (χ1) is 11.5. The number of ether oxygens (including phenoxy) is 1. The third-order valence-corrected chi connectivity index (χ3v) is 5.19. The number of nitrogens with two attached hydrogens (primary N) is 1. The fraction of sp³-hybridized carbons (Fsp3) is 0.350. The molecule has 4 heteroatoms. The SMILES string of the molecule is CN1CCC(C)(c2cccc(-c3ccc4c(c3)CCO4)c2)N=C1N. The van der Waals surface area contributed by atoms with Crippen molar-refractivity contribution in [2.75, 3.05) is 20.2 Å². The Labute approximate surface area is 143 Å². The number of rotatable bonds is 2. The second kappa shape index (κ2) is 5.55. The van der Waals surface area contributed by atoms with Crippen molar-refractivity contribution in [2.45, 2.75) is 25.3 Å².